The van der Waals surface area contributed by atoms with Gasteiger partial charge in [0.15, 0.2) is 11.0 Å². The molecule has 6 nitrogen and oxygen atoms in total. The fourth-order valence-electron chi connectivity index (χ4n) is 3.31. The second-order valence-corrected chi connectivity index (χ2v) is 8.90. The minimum absolute atomic E-state index is 0.0810. The molecule has 4 aromatic rings. The topological polar surface area (TPSA) is 69.0 Å². The monoisotopic (exact) mass is 446 g/mol. The zero-order valence-electron chi connectivity index (χ0n) is 18.4. The molecule has 1 N–H and O–H groups in total. The number of nitrogens with zero attached hydrogens (tertiary/aromatic N) is 3. The van der Waals surface area contributed by atoms with Crippen molar-refractivity contribution in [2.45, 2.75) is 19.0 Å². The number of ether oxygens (including phenoxy) is 1. The van der Waals surface area contributed by atoms with Gasteiger partial charge >= 0.3 is 0 Å². The number of fused-ring (bicyclic) bond motifs is 1. The molecule has 32 heavy (non-hydrogen) atoms. The second kappa shape index (κ2) is 9.87. The molecule has 1 amide bonds. The summed E-state index contributed by atoms with van der Waals surface area (Å²) in [6, 6.07) is 21.7. The SMILES string of the molecule is CC(C)COc1ccc(-c2nnc(SCC(=O)Nc3cccc4ccccc34)n2C)cc1. The molecule has 4 rings (SSSR count). The zero-order chi connectivity index (χ0) is 22.5. The Morgan fingerprint density at radius 3 is 2.56 bits per heavy atom. The number of hydrogen-bond acceptors (Lipinski definition) is 5. The largest absolute Gasteiger partial charge is 0.493 e. The number of carbonyl (C=O) groups is 1. The predicted octanol–water partition coefficient (Wildman–Crippen LogP) is 5.40. The number of rotatable bonds is 8. The van der Waals surface area contributed by atoms with Gasteiger partial charge < -0.3 is 14.6 Å². The molecule has 0 aliphatic carbocycles. The van der Waals surface area contributed by atoms with Gasteiger partial charge in [0, 0.05) is 23.7 Å². The Morgan fingerprint density at radius 1 is 1.03 bits per heavy atom. The number of anilines is 1. The van der Waals surface area contributed by atoms with Crippen LogP contribution in [0.15, 0.2) is 71.9 Å². The molecule has 164 valence electrons. The lowest BCUT2D eigenvalue weighted by Gasteiger charge is -2.09. The van der Waals surface area contributed by atoms with E-state index in [0.29, 0.717) is 17.7 Å². The van der Waals surface area contributed by atoms with Gasteiger partial charge in [-0.05, 0) is 41.6 Å². The van der Waals surface area contributed by atoms with Crippen LogP contribution in [0.1, 0.15) is 13.8 Å². The lowest BCUT2D eigenvalue weighted by atomic mass is 10.1. The quantitative estimate of drug-likeness (QED) is 0.367. The molecule has 7 heteroatoms. The Morgan fingerprint density at radius 2 is 1.78 bits per heavy atom. The molecule has 0 saturated carbocycles. The van der Waals surface area contributed by atoms with Gasteiger partial charge in [-0.2, -0.15) is 0 Å². The fourth-order valence-corrected chi connectivity index (χ4v) is 4.02. The molecule has 3 aromatic carbocycles. The Labute approximate surface area is 192 Å². The highest BCUT2D eigenvalue weighted by Crippen LogP contribution is 2.26. The summed E-state index contributed by atoms with van der Waals surface area (Å²) in [7, 11) is 1.91. The van der Waals surface area contributed by atoms with Crippen LogP contribution >= 0.6 is 11.8 Å². The molecule has 1 aromatic heterocycles. The molecule has 0 aliphatic rings. The van der Waals surface area contributed by atoms with E-state index in [1.165, 1.54) is 11.8 Å². The number of nitrogens with one attached hydrogen (secondary N) is 1. The maximum atomic E-state index is 12.6. The number of hydrogen-bond donors (Lipinski definition) is 1. The van der Waals surface area contributed by atoms with E-state index in [9.17, 15) is 4.79 Å². The summed E-state index contributed by atoms with van der Waals surface area (Å²) in [5, 5.41) is 14.4. The minimum Gasteiger partial charge on any atom is -0.493 e. The van der Waals surface area contributed by atoms with Crippen molar-refractivity contribution in [1.82, 2.24) is 14.8 Å². The highest BCUT2D eigenvalue weighted by Gasteiger charge is 2.14. The minimum atomic E-state index is -0.0810. The summed E-state index contributed by atoms with van der Waals surface area (Å²) in [6.45, 7) is 4.93. The zero-order valence-corrected chi connectivity index (χ0v) is 19.2. The van der Waals surface area contributed by atoms with E-state index in [0.717, 1.165) is 33.6 Å². The van der Waals surface area contributed by atoms with Crippen LogP contribution in [0, 0.1) is 5.92 Å². The van der Waals surface area contributed by atoms with Gasteiger partial charge in [0.2, 0.25) is 5.91 Å². The van der Waals surface area contributed by atoms with Crippen molar-refractivity contribution in [1.29, 1.82) is 0 Å². The maximum Gasteiger partial charge on any atom is 0.234 e. The third kappa shape index (κ3) is 5.11. The first-order valence-electron chi connectivity index (χ1n) is 10.5. The molecule has 1 heterocycles. The molecule has 0 radical (unpaired) electrons. The number of benzene rings is 3. The highest BCUT2D eigenvalue weighted by molar-refractivity contribution is 7.99. The summed E-state index contributed by atoms with van der Waals surface area (Å²) in [5.41, 5.74) is 1.76. The molecule has 0 aliphatic heterocycles. The van der Waals surface area contributed by atoms with E-state index in [4.69, 9.17) is 4.74 Å². The second-order valence-electron chi connectivity index (χ2n) is 7.96. The smallest absolute Gasteiger partial charge is 0.234 e. The van der Waals surface area contributed by atoms with Crippen LogP contribution in [0.3, 0.4) is 0 Å². The van der Waals surface area contributed by atoms with Crippen LogP contribution in [0.2, 0.25) is 0 Å². The van der Waals surface area contributed by atoms with E-state index in [1.807, 2.05) is 78.3 Å². The van der Waals surface area contributed by atoms with Crippen molar-refractivity contribution in [2.24, 2.45) is 13.0 Å². The predicted molar refractivity (Wildman–Crippen MR) is 130 cm³/mol. The standard InChI is InChI=1S/C25H26N4O2S/c1-17(2)15-31-20-13-11-19(12-14-20)24-27-28-25(29(24)3)32-16-23(30)26-22-10-6-8-18-7-4-5-9-21(18)22/h4-14,17H,15-16H2,1-3H3,(H,26,30). The molecule has 0 atom stereocenters. The summed E-state index contributed by atoms with van der Waals surface area (Å²) >= 11 is 1.36. The lowest BCUT2D eigenvalue weighted by molar-refractivity contribution is -0.113. The Bertz CT molecular complexity index is 1210. The van der Waals surface area contributed by atoms with Crippen LogP contribution < -0.4 is 10.1 Å². The van der Waals surface area contributed by atoms with Crippen molar-refractivity contribution < 1.29 is 9.53 Å². The van der Waals surface area contributed by atoms with Gasteiger partial charge in [-0.15, -0.1) is 10.2 Å². The molecular formula is C25H26N4O2S. The molecule has 0 fully saturated rings. The van der Waals surface area contributed by atoms with Crippen LogP contribution in [0.25, 0.3) is 22.2 Å². The van der Waals surface area contributed by atoms with Crippen molar-refractivity contribution in [3.8, 4) is 17.1 Å². The Balaban J connectivity index is 1.39. The van der Waals surface area contributed by atoms with Gasteiger partial charge in [0.1, 0.15) is 5.75 Å². The molecular weight excluding hydrogens is 420 g/mol. The van der Waals surface area contributed by atoms with Crippen LogP contribution in [0.5, 0.6) is 5.75 Å². The Kier molecular flexibility index (Phi) is 6.75. The maximum absolute atomic E-state index is 12.6. The first-order chi connectivity index (χ1) is 15.5. The van der Waals surface area contributed by atoms with Gasteiger partial charge in [0.25, 0.3) is 0 Å². The van der Waals surface area contributed by atoms with Crippen molar-refractivity contribution >= 4 is 34.1 Å². The van der Waals surface area contributed by atoms with Gasteiger partial charge in [-0.1, -0.05) is 62.0 Å². The van der Waals surface area contributed by atoms with E-state index in [2.05, 4.69) is 29.4 Å². The van der Waals surface area contributed by atoms with Gasteiger partial charge in [-0.25, -0.2) is 0 Å². The van der Waals surface area contributed by atoms with Crippen molar-refractivity contribution in [2.75, 3.05) is 17.7 Å². The van der Waals surface area contributed by atoms with E-state index < -0.39 is 0 Å². The average Bonchev–Trinajstić information content (AvgIpc) is 3.17. The van der Waals surface area contributed by atoms with Crippen LogP contribution in [-0.2, 0) is 11.8 Å². The average molecular weight is 447 g/mol. The molecule has 0 bridgehead atoms. The number of aromatic nitrogens is 3. The third-order valence-electron chi connectivity index (χ3n) is 4.93. The number of amides is 1. The Hall–Kier alpha value is -3.32. The normalized spacial score (nSPS) is 11.1. The number of carbonyl (C=O) groups excluding carboxylic acids is 1. The summed E-state index contributed by atoms with van der Waals surface area (Å²) in [6.07, 6.45) is 0. The number of thioether (sulfide) groups is 1. The summed E-state index contributed by atoms with van der Waals surface area (Å²) in [4.78, 5) is 12.6. The van der Waals surface area contributed by atoms with Crippen molar-refractivity contribution in [3.05, 3.63) is 66.7 Å². The fraction of sp³-hybridized carbons (Fsp3) is 0.240. The molecule has 0 saturated heterocycles. The third-order valence-corrected chi connectivity index (χ3v) is 5.95. The van der Waals surface area contributed by atoms with E-state index >= 15 is 0 Å². The van der Waals surface area contributed by atoms with Crippen LogP contribution in [0.4, 0.5) is 5.69 Å². The molecule has 0 unspecified atom stereocenters. The van der Waals surface area contributed by atoms with E-state index in [1.54, 1.807) is 0 Å². The molecule has 0 spiro atoms. The summed E-state index contributed by atoms with van der Waals surface area (Å²) < 4.78 is 7.65. The van der Waals surface area contributed by atoms with Gasteiger partial charge in [0.05, 0.1) is 12.4 Å². The first kappa shape index (κ1) is 21.9. The van der Waals surface area contributed by atoms with E-state index in [-0.39, 0.29) is 11.7 Å². The first-order valence-corrected chi connectivity index (χ1v) is 11.5. The van der Waals surface area contributed by atoms with Crippen molar-refractivity contribution in [3.63, 3.8) is 0 Å². The lowest BCUT2D eigenvalue weighted by Crippen LogP contribution is -2.14. The highest BCUT2D eigenvalue weighted by atomic mass is 32.2. The van der Waals surface area contributed by atoms with Gasteiger partial charge in [-0.3, -0.25) is 4.79 Å². The summed E-state index contributed by atoms with van der Waals surface area (Å²) in [5.74, 6) is 2.23. The van der Waals surface area contributed by atoms with Crippen LogP contribution in [-0.4, -0.2) is 33.0 Å².